The topological polar surface area (TPSA) is 27.7 Å². The molecule has 0 bridgehead atoms. The highest BCUT2D eigenvalue weighted by atomic mass is 28.4. The molecule has 0 aliphatic heterocycles. The maximum atomic E-state index is 6.13. The van der Waals surface area contributed by atoms with Gasteiger partial charge in [0.2, 0.25) is 0 Å². The standard InChI is InChI=1S/C14H32O3Si/c1-8-15-13(16-9-2)11-10-12-17-18(6,7)14(3,4)5/h13H,8-12H2,1-7H3. The van der Waals surface area contributed by atoms with Crippen LogP contribution in [0.3, 0.4) is 0 Å². The summed E-state index contributed by atoms with van der Waals surface area (Å²) < 4.78 is 17.2. The Balaban J connectivity index is 3.90. The van der Waals surface area contributed by atoms with Crippen LogP contribution in [0.4, 0.5) is 0 Å². The number of ether oxygens (including phenoxy) is 2. The minimum atomic E-state index is -1.60. The normalized spacial score (nSPS) is 13.3. The molecule has 110 valence electrons. The van der Waals surface area contributed by atoms with Gasteiger partial charge in [0.15, 0.2) is 14.6 Å². The third kappa shape index (κ3) is 6.88. The van der Waals surface area contributed by atoms with E-state index in [2.05, 4.69) is 33.9 Å². The van der Waals surface area contributed by atoms with Crippen molar-refractivity contribution in [1.82, 2.24) is 0 Å². The fraction of sp³-hybridized carbons (Fsp3) is 1.00. The molecule has 18 heavy (non-hydrogen) atoms. The zero-order chi connectivity index (χ0) is 14.2. The third-order valence-electron chi connectivity index (χ3n) is 3.56. The van der Waals surface area contributed by atoms with Gasteiger partial charge in [0.1, 0.15) is 0 Å². The van der Waals surface area contributed by atoms with Crippen LogP contribution >= 0.6 is 0 Å². The fourth-order valence-corrected chi connectivity index (χ4v) is 2.47. The lowest BCUT2D eigenvalue weighted by Crippen LogP contribution is -2.41. The lowest BCUT2D eigenvalue weighted by Gasteiger charge is -2.36. The van der Waals surface area contributed by atoms with E-state index in [-0.39, 0.29) is 11.3 Å². The Labute approximate surface area is 114 Å². The van der Waals surface area contributed by atoms with Gasteiger partial charge in [-0.2, -0.15) is 0 Å². The molecular weight excluding hydrogens is 244 g/mol. The fourth-order valence-electron chi connectivity index (χ4n) is 1.38. The molecule has 0 aliphatic carbocycles. The van der Waals surface area contributed by atoms with E-state index in [1.165, 1.54) is 0 Å². The van der Waals surface area contributed by atoms with Gasteiger partial charge in [-0.05, 0) is 38.4 Å². The van der Waals surface area contributed by atoms with Crippen molar-refractivity contribution in [2.75, 3.05) is 19.8 Å². The molecule has 0 aromatic rings. The SMILES string of the molecule is CCOC(CCCO[Si](C)(C)C(C)(C)C)OCC. The minimum absolute atomic E-state index is 0.0667. The zero-order valence-electron chi connectivity index (χ0n) is 13.3. The first-order chi connectivity index (χ1) is 8.24. The Kier molecular flexibility index (Phi) is 8.35. The molecule has 0 saturated carbocycles. The largest absolute Gasteiger partial charge is 0.417 e. The highest BCUT2D eigenvalue weighted by molar-refractivity contribution is 6.74. The summed E-state index contributed by atoms with van der Waals surface area (Å²) in [6, 6.07) is 0. The molecule has 0 spiro atoms. The van der Waals surface area contributed by atoms with Gasteiger partial charge in [0.05, 0.1) is 0 Å². The van der Waals surface area contributed by atoms with E-state index < -0.39 is 8.32 Å². The molecule has 0 radical (unpaired) electrons. The molecule has 0 heterocycles. The van der Waals surface area contributed by atoms with Gasteiger partial charge in [0, 0.05) is 26.2 Å². The maximum absolute atomic E-state index is 6.13. The van der Waals surface area contributed by atoms with Gasteiger partial charge >= 0.3 is 0 Å². The second-order valence-electron chi connectivity index (χ2n) is 6.09. The van der Waals surface area contributed by atoms with E-state index in [4.69, 9.17) is 13.9 Å². The summed E-state index contributed by atoms with van der Waals surface area (Å²) in [5, 5.41) is 0.284. The van der Waals surface area contributed by atoms with Crippen molar-refractivity contribution < 1.29 is 13.9 Å². The van der Waals surface area contributed by atoms with Crippen LogP contribution in [0, 0.1) is 0 Å². The molecule has 0 aromatic heterocycles. The average Bonchev–Trinajstić information content (AvgIpc) is 2.23. The smallest absolute Gasteiger partial charge is 0.191 e. The van der Waals surface area contributed by atoms with Crippen molar-refractivity contribution in [1.29, 1.82) is 0 Å². The van der Waals surface area contributed by atoms with Gasteiger partial charge in [-0.1, -0.05) is 20.8 Å². The molecule has 0 atom stereocenters. The van der Waals surface area contributed by atoms with E-state index in [0.717, 1.165) is 19.4 Å². The summed E-state index contributed by atoms with van der Waals surface area (Å²) in [6.07, 6.45) is 1.84. The molecule has 0 fully saturated rings. The average molecular weight is 276 g/mol. The molecular formula is C14H32O3Si. The van der Waals surface area contributed by atoms with E-state index in [1.807, 2.05) is 13.8 Å². The van der Waals surface area contributed by atoms with Crippen molar-refractivity contribution in [3.63, 3.8) is 0 Å². The molecule has 0 unspecified atom stereocenters. The minimum Gasteiger partial charge on any atom is -0.417 e. The van der Waals surface area contributed by atoms with Crippen molar-refractivity contribution in [2.45, 2.75) is 71.9 Å². The van der Waals surface area contributed by atoms with Crippen molar-refractivity contribution in [3.05, 3.63) is 0 Å². The summed E-state index contributed by atoms with van der Waals surface area (Å²) in [5.74, 6) is 0. The molecule has 0 amide bonds. The van der Waals surface area contributed by atoms with Crippen molar-refractivity contribution in [3.8, 4) is 0 Å². The predicted molar refractivity (Wildman–Crippen MR) is 79.4 cm³/mol. The Morgan fingerprint density at radius 2 is 1.50 bits per heavy atom. The van der Waals surface area contributed by atoms with Crippen LogP contribution in [0.5, 0.6) is 0 Å². The number of rotatable bonds is 9. The quantitative estimate of drug-likeness (QED) is 0.359. The lowest BCUT2D eigenvalue weighted by molar-refractivity contribution is -0.140. The van der Waals surface area contributed by atoms with E-state index in [0.29, 0.717) is 13.2 Å². The first-order valence-electron chi connectivity index (χ1n) is 7.11. The van der Waals surface area contributed by atoms with Gasteiger partial charge < -0.3 is 13.9 Å². The van der Waals surface area contributed by atoms with Gasteiger partial charge in [-0.3, -0.25) is 0 Å². The highest BCUT2D eigenvalue weighted by Gasteiger charge is 2.36. The van der Waals surface area contributed by atoms with Crippen LogP contribution < -0.4 is 0 Å². The third-order valence-corrected chi connectivity index (χ3v) is 8.10. The molecule has 0 aromatic carbocycles. The molecule has 0 rings (SSSR count). The van der Waals surface area contributed by atoms with Crippen LogP contribution in [-0.2, 0) is 13.9 Å². The molecule has 3 nitrogen and oxygen atoms in total. The number of hydrogen-bond donors (Lipinski definition) is 0. The Morgan fingerprint density at radius 1 is 1.00 bits per heavy atom. The Bertz CT molecular complexity index is 206. The predicted octanol–water partition coefficient (Wildman–Crippen LogP) is 4.19. The van der Waals surface area contributed by atoms with Crippen molar-refractivity contribution in [2.24, 2.45) is 0 Å². The van der Waals surface area contributed by atoms with Crippen LogP contribution in [0.1, 0.15) is 47.5 Å². The van der Waals surface area contributed by atoms with Crippen LogP contribution in [0.15, 0.2) is 0 Å². The molecule has 0 aliphatic rings. The monoisotopic (exact) mass is 276 g/mol. The maximum Gasteiger partial charge on any atom is 0.191 e. The van der Waals surface area contributed by atoms with Crippen LogP contribution in [-0.4, -0.2) is 34.4 Å². The molecule has 0 N–H and O–H groups in total. The van der Waals surface area contributed by atoms with Gasteiger partial charge in [0.25, 0.3) is 0 Å². The summed E-state index contributed by atoms with van der Waals surface area (Å²) in [5.41, 5.74) is 0. The Hall–Kier alpha value is 0.0969. The van der Waals surface area contributed by atoms with Crippen LogP contribution in [0.2, 0.25) is 18.1 Å². The second kappa shape index (κ2) is 8.30. The van der Waals surface area contributed by atoms with Gasteiger partial charge in [-0.25, -0.2) is 0 Å². The van der Waals surface area contributed by atoms with E-state index in [9.17, 15) is 0 Å². The highest BCUT2D eigenvalue weighted by Crippen LogP contribution is 2.36. The molecule has 4 heteroatoms. The van der Waals surface area contributed by atoms with Crippen molar-refractivity contribution >= 4 is 8.32 Å². The summed E-state index contributed by atoms with van der Waals surface area (Å²) in [6.45, 7) is 17.6. The molecule has 0 saturated heterocycles. The second-order valence-corrected chi connectivity index (χ2v) is 10.9. The van der Waals surface area contributed by atoms with Gasteiger partial charge in [-0.15, -0.1) is 0 Å². The lowest BCUT2D eigenvalue weighted by atomic mass is 10.2. The summed E-state index contributed by atoms with van der Waals surface area (Å²) in [4.78, 5) is 0. The zero-order valence-corrected chi connectivity index (χ0v) is 14.3. The number of hydrogen-bond acceptors (Lipinski definition) is 3. The van der Waals surface area contributed by atoms with Crippen LogP contribution in [0.25, 0.3) is 0 Å². The van der Waals surface area contributed by atoms with E-state index in [1.54, 1.807) is 0 Å². The summed E-state index contributed by atoms with van der Waals surface area (Å²) >= 11 is 0. The first-order valence-corrected chi connectivity index (χ1v) is 10.0. The Morgan fingerprint density at radius 3 is 1.89 bits per heavy atom. The first kappa shape index (κ1) is 18.1. The summed E-state index contributed by atoms with van der Waals surface area (Å²) in [7, 11) is -1.60. The van der Waals surface area contributed by atoms with E-state index >= 15 is 0 Å².